The zero-order chi connectivity index (χ0) is 28.3. The van der Waals surface area contributed by atoms with Gasteiger partial charge in [-0.25, -0.2) is 22.5 Å². The Bertz CT molecular complexity index is 1640. The van der Waals surface area contributed by atoms with E-state index in [1.165, 1.54) is 7.11 Å². The number of benzene rings is 2. The molecule has 0 unspecified atom stereocenters. The fourth-order valence-corrected chi connectivity index (χ4v) is 7.24. The first-order chi connectivity index (χ1) is 19.3. The molecular formula is C26H26FN5O5S3. The van der Waals surface area contributed by atoms with Gasteiger partial charge in [0.2, 0.25) is 15.9 Å². The van der Waals surface area contributed by atoms with Crippen molar-refractivity contribution in [3.63, 3.8) is 0 Å². The van der Waals surface area contributed by atoms with Crippen molar-refractivity contribution in [1.82, 2.24) is 23.8 Å². The minimum Gasteiger partial charge on any atom is -0.495 e. The first-order valence-electron chi connectivity index (χ1n) is 12.4. The molecule has 2 N–H and O–H groups in total. The summed E-state index contributed by atoms with van der Waals surface area (Å²) in [6.07, 6.45) is 4.96. The summed E-state index contributed by atoms with van der Waals surface area (Å²) in [7, 11) is -2.55. The summed E-state index contributed by atoms with van der Waals surface area (Å²) in [6, 6.07) is 11.0. The minimum absolute atomic E-state index is 0.00162. The highest BCUT2D eigenvalue weighted by molar-refractivity contribution is 7.98. The zero-order valence-electron chi connectivity index (χ0n) is 21.6. The van der Waals surface area contributed by atoms with E-state index < -0.39 is 21.7 Å². The average Bonchev–Trinajstić information content (AvgIpc) is 3.43. The molecule has 2 aromatic carbocycles. The lowest BCUT2D eigenvalue weighted by atomic mass is 9.91. The number of halogens is 1. The molecular weight excluding hydrogens is 578 g/mol. The van der Waals surface area contributed by atoms with Gasteiger partial charge in [-0.3, -0.25) is 4.79 Å². The predicted molar refractivity (Wildman–Crippen MR) is 150 cm³/mol. The Morgan fingerprint density at radius 1 is 1.10 bits per heavy atom. The third-order valence-corrected chi connectivity index (χ3v) is 9.38. The standard InChI is InChI=1S/C26H26FN5O5S3/c1-36-22-11-10-21-23(31-39-30-21)24(22)40(34,35)32-17-8-6-16(7-9-17)29-25(33)20-12-15(27)14-28-26(20)37-18-4-3-5-19(13-18)38-2/h3-5,10-14,16-17,32H,6-9H2,1-2H3,(H,29,33)/t16-,17+. The minimum atomic E-state index is -3.95. The predicted octanol–water partition coefficient (Wildman–Crippen LogP) is 4.77. The molecule has 0 saturated heterocycles. The number of nitrogens with one attached hydrogen (secondary N) is 2. The highest BCUT2D eigenvalue weighted by atomic mass is 32.2. The van der Waals surface area contributed by atoms with Crippen LogP contribution in [0.25, 0.3) is 11.0 Å². The van der Waals surface area contributed by atoms with E-state index in [4.69, 9.17) is 9.47 Å². The molecule has 1 fully saturated rings. The number of sulfonamides is 1. The number of hydrogen-bond acceptors (Lipinski definition) is 10. The van der Waals surface area contributed by atoms with Crippen LogP contribution in [-0.2, 0) is 10.0 Å². The van der Waals surface area contributed by atoms with Crippen LogP contribution in [-0.4, -0.2) is 53.5 Å². The molecule has 0 bridgehead atoms. The van der Waals surface area contributed by atoms with Crippen molar-refractivity contribution >= 4 is 50.5 Å². The molecule has 210 valence electrons. The molecule has 1 aliphatic carbocycles. The third-order valence-electron chi connectivity index (χ3n) is 6.54. The van der Waals surface area contributed by atoms with Crippen molar-refractivity contribution in [3.8, 4) is 17.4 Å². The van der Waals surface area contributed by atoms with E-state index >= 15 is 0 Å². The second-order valence-corrected chi connectivity index (χ2v) is 12.2. The topological polar surface area (TPSA) is 132 Å². The third kappa shape index (κ3) is 6.19. The van der Waals surface area contributed by atoms with Crippen molar-refractivity contribution in [3.05, 3.63) is 60.0 Å². The van der Waals surface area contributed by atoms with E-state index in [1.54, 1.807) is 36.0 Å². The SMILES string of the molecule is COc1ccc2nsnc2c1S(=O)(=O)N[C@H]1CC[C@@H](NC(=O)c2cc(F)cnc2Oc2cccc(SC)c2)CC1. The summed E-state index contributed by atoms with van der Waals surface area (Å²) in [5, 5.41) is 2.92. The van der Waals surface area contributed by atoms with Gasteiger partial charge >= 0.3 is 0 Å². The fraction of sp³-hybridized carbons (Fsp3) is 0.308. The smallest absolute Gasteiger partial charge is 0.257 e. The first-order valence-corrected chi connectivity index (χ1v) is 15.8. The molecule has 1 aliphatic rings. The Hall–Kier alpha value is -3.33. The molecule has 0 spiro atoms. The maximum Gasteiger partial charge on any atom is 0.257 e. The number of thioether (sulfide) groups is 1. The molecule has 2 heterocycles. The van der Waals surface area contributed by atoms with Gasteiger partial charge in [0.25, 0.3) is 5.91 Å². The summed E-state index contributed by atoms with van der Waals surface area (Å²) >= 11 is 2.47. The Labute approximate surface area is 239 Å². The molecule has 1 amide bonds. The normalized spacial score (nSPS) is 17.5. The van der Waals surface area contributed by atoms with Crippen LogP contribution in [0.3, 0.4) is 0 Å². The van der Waals surface area contributed by atoms with E-state index in [-0.39, 0.29) is 39.7 Å². The number of rotatable bonds is 9. The maximum absolute atomic E-state index is 14.0. The van der Waals surface area contributed by atoms with Crippen LogP contribution < -0.4 is 19.5 Å². The van der Waals surface area contributed by atoms with Gasteiger partial charge in [-0.2, -0.15) is 8.75 Å². The Balaban J connectivity index is 1.24. The number of carbonyl (C=O) groups excluding carboxylic acids is 1. The molecule has 1 saturated carbocycles. The van der Waals surface area contributed by atoms with Crippen LogP contribution in [0.4, 0.5) is 4.39 Å². The number of methoxy groups -OCH3 is 1. The Kier molecular flexibility index (Phi) is 8.49. The molecule has 4 aromatic rings. The highest BCUT2D eigenvalue weighted by Gasteiger charge is 2.31. The van der Waals surface area contributed by atoms with Crippen LogP contribution in [0.5, 0.6) is 17.4 Å². The first kappa shape index (κ1) is 28.2. The van der Waals surface area contributed by atoms with Crippen LogP contribution >= 0.6 is 23.5 Å². The van der Waals surface area contributed by atoms with E-state index in [9.17, 15) is 17.6 Å². The second kappa shape index (κ2) is 12.0. The lowest BCUT2D eigenvalue weighted by Gasteiger charge is -2.29. The van der Waals surface area contributed by atoms with E-state index in [0.717, 1.165) is 28.9 Å². The average molecular weight is 604 g/mol. The van der Waals surface area contributed by atoms with Crippen molar-refractivity contribution in [1.29, 1.82) is 0 Å². The number of fused-ring (bicyclic) bond motifs is 1. The van der Waals surface area contributed by atoms with Gasteiger partial charge in [-0.15, -0.1) is 11.8 Å². The quantitative estimate of drug-likeness (QED) is 0.260. The second-order valence-electron chi connectivity index (χ2n) is 9.16. The molecule has 0 atom stereocenters. The molecule has 5 rings (SSSR count). The largest absolute Gasteiger partial charge is 0.495 e. The number of nitrogens with zero attached hydrogens (tertiary/aromatic N) is 3. The van der Waals surface area contributed by atoms with Gasteiger partial charge in [0.05, 0.1) is 25.0 Å². The lowest BCUT2D eigenvalue weighted by molar-refractivity contribution is 0.0921. The monoisotopic (exact) mass is 603 g/mol. The summed E-state index contributed by atoms with van der Waals surface area (Å²) in [5.74, 6) is -0.504. The molecule has 14 heteroatoms. The van der Waals surface area contributed by atoms with Crippen molar-refractivity contribution in [2.24, 2.45) is 0 Å². The number of hydrogen-bond donors (Lipinski definition) is 2. The van der Waals surface area contributed by atoms with Crippen LogP contribution in [0.1, 0.15) is 36.0 Å². The Morgan fingerprint density at radius 2 is 1.88 bits per heavy atom. The molecule has 10 nitrogen and oxygen atoms in total. The van der Waals surface area contributed by atoms with Crippen LogP contribution in [0.15, 0.2) is 58.5 Å². The summed E-state index contributed by atoms with van der Waals surface area (Å²) in [6.45, 7) is 0. The van der Waals surface area contributed by atoms with Gasteiger partial charge in [-0.1, -0.05) is 6.07 Å². The van der Waals surface area contributed by atoms with E-state index in [0.29, 0.717) is 36.9 Å². The van der Waals surface area contributed by atoms with Crippen LogP contribution in [0.2, 0.25) is 0 Å². The van der Waals surface area contributed by atoms with Crippen LogP contribution in [0, 0.1) is 5.82 Å². The summed E-state index contributed by atoms with van der Waals surface area (Å²) < 4.78 is 62.8. The molecule has 2 aromatic heterocycles. The fourth-order valence-electron chi connectivity index (χ4n) is 4.57. The molecule has 0 radical (unpaired) electrons. The van der Waals surface area contributed by atoms with Gasteiger partial charge in [-0.05, 0) is 68.3 Å². The lowest BCUT2D eigenvalue weighted by Crippen LogP contribution is -2.44. The van der Waals surface area contributed by atoms with E-state index in [1.807, 2.05) is 18.4 Å². The van der Waals surface area contributed by atoms with Gasteiger partial charge in [0.1, 0.15) is 33.9 Å². The highest BCUT2D eigenvalue weighted by Crippen LogP contribution is 2.32. The van der Waals surface area contributed by atoms with Crippen molar-refractivity contribution in [2.75, 3.05) is 13.4 Å². The van der Waals surface area contributed by atoms with Gasteiger partial charge in [0.15, 0.2) is 4.90 Å². The van der Waals surface area contributed by atoms with E-state index in [2.05, 4.69) is 23.8 Å². The number of ether oxygens (including phenoxy) is 2. The zero-order valence-corrected chi connectivity index (χ0v) is 24.0. The molecule has 0 aliphatic heterocycles. The van der Waals surface area contributed by atoms with Crippen molar-refractivity contribution in [2.45, 2.75) is 47.6 Å². The molecule has 40 heavy (non-hydrogen) atoms. The summed E-state index contributed by atoms with van der Waals surface area (Å²) in [5.41, 5.74) is 0.721. The number of pyridine rings is 1. The van der Waals surface area contributed by atoms with Gasteiger partial charge in [0, 0.05) is 17.0 Å². The number of carbonyl (C=O) groups is 1. The number of amides is 1. The number of aromatic nitrogens is 3. The summed E-state index contributed by atoms with van der Waals surface area (Å²) in [4.78, 5) is 18.1. The van der Waals surface area contributed by atoms with Gasteiger partial charge < -0.3 is 14.8 Å². The van der Waals surface area contributed by atoms with Crippen molar-refractivity contribution < 1.29 is 27.1 Å². The maximum atomic E-state index is 14.0. The Morgan fingerprint density at radius 3 is 2.62 bits per heavy atom.